The van der Waals surface area contributed by atoms with Gasteiger partial charge in [-0.05, 0) is 30.4 Å². The molecule has 3 rings (SSSR count). The Balaban J connectivity index is 1.90. The van der Waals surface area contributed by atoms with Gasteiger partial charge in [0.05, 0.1) is 6.04 Å². The smallest absolute Gasteiger partial charge is 0.272 e. The van der Waals surface area contributed by atoms with E-state index in [1.165, 1.54) is 18.0 Å². The number of carbonyl (C=O) groups is 2. The molecule has 1 aromatic carbocycles. The third-order valence-corrected chi connectivity index (χ3v) is 4.18. The Morgan fingerprint density at radius 1 is 1.22 bits per heavy atom. The zero-order valence-electron chi connectivity index (χ0n) is 13.0. The number of primary amides is 1. The SMILES string of the molecule is Cc1ccc2c(c1)[C@H](NC(=O)c1nccnc1C(N)=O)[C@H](C)C2. The monoisotopic (exact) mass is 310 g/mol. The molecule has 0 unspecified atom stereocenters. The first-order chi connectivity index (χ1) is 11.0. The number of hydrogen-bond donors (Lipinski definition) is 2. The van der Waals surface area contributed by atoms with E-state index in [2.05, 4.69) is 40.4 Å². The van der Waals surface area contributed by atoms with Crippen LogP contribution in [0.1, 0.15) is 50.6 Å². The van der Waals surface area contributed by atoms with Crippen molar-refractivity contribution in [3.63, 3.8) is 0 Å². The molecule has 1 heterocycles. The molecule has 23 heavy (non-hydrogen) atoms. The second kappa shape index (κ2) is 5.79. The predicted molar refractivity (Wildman–Crippen MR) is 84.8 cm³/mol. The molecule has 1 aromatic heterocycles. The topological polar surface area (TPSA) is 98.0 Å². The summed E-state index contributed by atoms with van der Waals surface area (Å²) >= 11 is 0. The van der Waals surface area contributed by atoms with Crippen molar-refractivity contribution in [3.8, 4) is 0 Å². The molecule has 0 saturated carbocycles. The van der Waals surface area contributed by atoms with Crippen molar-refractivity contribution >= 4 is 11.8 Å². The molecule has 2 aromatic rings. The van der Waals surface area contributed by atoms with Crippen molar-refractivity contribution in [2.24, 2.45) is 11.7 Å². The molecule has 0 saturated heterocycles. The zero-order valence-corrected chi connectivity index (χ0v) is 13.0. The number of nitrogens with two attached hydrogens (primary N) is 1. The molecule has 1 aliphatic carbocycles. The van der Waals surface area contributed by atoms with Gasteiger partial charge in [0.15, 0.2) is 11.4 Å². The molecule has 6 heteroatoms. The molecule has 2 amide bonds. The van der Waals surface area contributed by atoms with Crippen LogP contribution in [0.2, 0.25) is 0 Å². The standard InChI is InChI=1S/C17H18N4O2/c1-9-3-4-11-8-10(2)13(12(11)7-9)21-17(23)15-14(16(18)22)19-5-6-20-15/h3-7,10,13H,8H2,1-2H3,(H2,18,22)(H,21,23)/t10-,13-/m1/s1. The quantitative estimate of drug-likeness (QED) is 0.898. The number of rotatable bonds is 3. The second-order valence-electron chi connectivity index (χ2n) is 5.95. The van der Waals surface area contributed by atoms with Crippen LogP contribution in [0, 0.1) is 12.8 Å². The van der Waals surface area contributed by atoms with Gasteiger partial charge in [-0.3, -0.25) is 9.59 Å². The van der Waals surface area contributed by atoms with E-state index in [-0.39, 0.29) is 23.3 Å². The number of carbonyl (C=O) groups excluding carboxylic acids is 2. The summed E-state index contributed by atoms with van der Waals surface area (Å²) in [6.45, 7) is 4.11. The maximum absolute atomic E-state index is 12.5. The van der Waals surface area contributed by atoms with Crippen LogP contribution in [0.3, 0.4) is 0 Å². The Bertz CT molecular complexity index is 788. The molecule has 3 N–H and O–H groups in total. The number of nitrogens with zero attached hydrogens (tertiary/aromatic N) is 2. The average molecular weight is 310 g/mol. The van der Waals surface area contributed by atoms with E-state index in [0.29, 0.717) is 0 Å². The Morgan fingerprint density at radius 2 is 1.91 bits per heavy atom. The Labute approximate surface area is 134 Å². The van der Waals surface area contributed by atoms with E-state index in [1.54, 1.807) is 0 Å². The first-order valence-corrected chi connectivity index (χ1v) is 7.48. The van der Waals surface area contributed by atoms with Gasteiger partial charge >= 0.3 is 0 Å². The molecular weight excluding hydrogens is 292 g/mol. The molecule has 2 atom stereocenters. The number of benzene rings is 1. The van der Waals surface area contributed by atoms with Gasteiger partial charge in [-0.25, -0.2) is 9.97 Å². The molecule has 0 aliphatic heterocycles. The molecule has 118 valence electrons. The summed E-state index contributed by atoms with van der Waals surface area (Å²) in [5.41, 5.74) is 8.62. The molecule has 0 radical (unpaired) electrons. The lowest BCUT2D eigenvalue weighted by Crippen LogP contribution is -2.33. The number of aromatic nitrogens is 2. The van der Waals surface area contributed by atoms with Crippen LogP contribution in [0.5, 0.6) is 0 Å². The molecule has 0 fully saturated rings. The Morgan fingerprint density at radius 3 is 2.61 bits per heavy atom. The van der Waals surface area contributed by atoms with E-state index in [1.807, 2.05) is 6.92 Å². The lowest BCUT2D eigenvalue weighted by atomic mass is 10.0. The zero-order chi connectivity index (χ0) is 16.6. The summed E-state index contributed by atoms with van der Waals surface area (Å²) in [7, 11) is 0. The fraction of sp³-hybridized carbons (Fsp3) is 0.294. The van der Waals surface area contributed by atoms with Crippen LogP contribution in [0.15, 0.2) is 30.6 Å². The minimum Gasteiger partial charge on any atom is -0.364 e. The highest BCUT2D eigenvalue weighted by Gasteiger charge is 2.32. The number of fused-ring (bicyclic) bond motifs is 1. The van der Waals surface area contributed by atoms with Crippen LogP contribution in [-0.2, 0) is 6.42 Å². The fourth-order valence-corrected chi connectivity index (χ4v) is 3.08. The van der Waals surface area contributed by atoms with Gasteiger partial charge in [-0.15, -0.1) is 0 Å². The fourth-order valence-electron chi connectivity index (χ4n) is 3.08. The average Bonchev–Trinajstić information content (AvgIpc) is 2.83. The Hall–Kier alpha value is -2.76. The summed E-state index contributed by atoms with van der Waals surface area (Å²) < 4.78 is 0. The van der Waals surface area contributed by atoms with Crippen LogP contribution in [0.4, 0.5) is 0 Å². The first-order valence-electron chi connectivity index (χ1n) is 7.48. The maximum Gasteiger partial charge on any atom is 0.272 e. The number of nitrogens with one attached hydrogen (secondary N) is 1. The summed E-state index contributed by atoms with van der Waals surface area (Å²) in [4.78, 5) is 31.8. The van der Waals surface area contributed by atoms with Crippen molar-refractivity contribution in [1.82, 2.24) is 15.3 Å². The summed E-state index contributed by atoms with van der Waals surface area (Å²) in [5, 5.41) is 2.97. The van der Waals surface area contributed by atoms with Crippen LogP contribution < -0.4 is 11.1 Å². The minimum atomic E-state index is -0.765. The van der Waals surface area contributed by atoms with E-state index in [9.17, 15) is 9.59 Å². The van der Waals surface area contributed by atoms with Gasteiger partial charge in [-0.1, -0.05) is 30.7 Å². The van der Waals surface area contributed by atoms with Gasteiger partial charge in [0.1, 0.15) is 0 Å². The van der Waals surface area contributed by atoms with Crippen molar-refractivity contribution in [3.05, 3.63) is 58.7 Å². The van der Waals surface area contributed by atoms with Crippen molar-refractivity contribution < 1.29 is 9.59 Å². The number of aryl methyl sites for hydroxylation is 1. The van der Waals surface area contributed by atoms with Crippen molar-refractivity contribution in [2.75, 3.05) is 0 Å². The third-order valence-electron chi connectivity index (χ3n) is 4.18. The highest BCUT2D eigenvalue weighted by Crippen LogP contribution is 2.36. The number of hydrogen-bond acceptors (Lipinski definition) is 4. The van der Waals surface area contributed by atoms with E-state index < -0.39 is 11.8 Å². The number of amides is 2. The van der Waals surface area contributed by atoms with Crippen LogP contribution in [0.25, 0.3) is 0 Å². The molecular formula is C17H18N4O2. The summed E-state index contributed by atoms with van der Waals surface area (Å²) in [6, 6.07) is 6.16. The molecule has 0 bridgehead atoms. The Kier molecular flexibility index (Phi) is 3.82. The lowest BCUT2D eigenvalue weighted by Gasteiger charge is -2.19. The maximum atomic E-state index is 12.5. The largest absolute Gasteiger partial charge is 0.364 e. The summed E-state index contributed by atoms with van der Waals surface area (Å²) in [6.07, 6.45) is 3.62. The van der Waals surface area contributed by atoms with Crippen LogP contribution in [-0.4, -0.2) is 21.8 Å². The molecule has 1 aliphatic rings. The molecule has 6 nitrogen and oxygen atoms in total. The van der Waals surface area contributed by atoms with Gasteiger partial charge in [0.2, 0.25) is 0 Å². The molecule has 0 spiro atoms. The van der Waals surface area contributed by atoms with E-state index >= 15 is 0 Å². The highest BCUT2D eigenvalue weighted by molar-refractivity contribution is 6.04. The predicted octanol–water partition coefficient (Wildman–Crippen LogP) is 1.55. The van der Waals surface area contributed by atoms with Gasteiger partial charge < -0.3 is 11.1 Å². The van der Waals surface area contributed by atoms with Crippen molar-refractivity contribution in [2.45, 2.75) is 26.3 Å². The lowest BCUT2D eigenvalue weighted by molar-refractivity contribution is 0.0906. The summed E-state index contributed by atoms with van der Waals surface area (Å²) in [5.74, 6) is -0.929. The van der Waals surface area contributed by atoms with Gasteiger partial charge in [0, 0.05) is 12.4 Å². The van der Waals surface area contributed by atoms with Crippen molar-refractivity contribution in [1.29, 1.82) is 0 Å². The van der Waals surface area contributed by atoms with Gasteiger partial charge in [0.25, 0.3) is 11.8 Å². The second-order valence-corrected chi connectivity index (χ2v) is 5.95. The van der Waals surface area contributed by atoms with Crippen LogP contribution >= 0.6 is 0 Å². The van der Waals surface area contributed by atoms with E-state index in [0.717, 1.165) is 17.5 Å². The first kappa shape index (κ1) is 15.1. The normalized spacial score (nSPS) is 19.2. The van der Waals surface area contributed by atoms with E-state index in [4.69, 9.17) is 5.73 Å². The minimum absolute atomic E-state index is 0.0340. The third kappa shape index (κ3) is 2.79. The highest BCUT2D eigenvalue weighted by atomic mass is 16.2. The van der Waals surface area contributed by atoms with Gasteiger partial charge in [-0.2, -0.15) is 0 Å².